The van der Waals surface area contributed by atoms with E-state index in [0.717, 1.165) is 92.3 Å². The number of piperazine rings is 1. The fraction of sp³-hybridized carbons (Fsp3) is 0.406. The highest BCUT2D eigenvalue weighted by molar-refractivity contribution is 5.93. The molecule has 4 aromatic rings. The number of anilines is 3. The molecular formula is C32H36F3N7O2. The van der Waals surface area contributed by atoms with E-state index in [4.69, 9.17) is 19.4 Å². The SMILES string of the molecule is COc1cc2nc(N3CCN(c4ccccn4)CC3)nc(NC3CCN(Cc4ccc(C(F)(F)F)cc4)CC3)c2cc1OC. The number of aromatic nitrogens is 3. The average Bonchev–Trinajstić information content (AvgIpc) is 3.05. The number of rotatable bonds is 8. The van der Waals surface area contributed by atoms with Gasteiger partial charge in [-0.05, 0) is 48.7 Å². The van der Waals surface area contributed by atoms with Crippen LogP contribution in [0.4, 0.5) is 30.8 Å². The zero-order chi connectivity index (χ0) is 30.7. The van der Waals surface area contributed by atoms with E-state index in [9.17, 15) is 13.2 Å². The molecule has 2 aliphatic heterocycles. The number of hydrogen-bond donors (Lipinski definition) is 1. The number of likely N-dealkylation sites (tertiary alicyclic amines) is 1. The molecule has 6 rings (SSSR count). The van der Waals surface area contributed by atoms with Gasteiger partial charge in [-0.3, -0.25) is 4.90 Å². The van der Waals surface area contributed by atoms with Gasteiger partial charge in [-0.15, -0.1) is 0 Å². The first-order valence-corrected chi connectivity index (χ1v) is 14.8. The highest BCUT2D eigenvalue weighted by Crippen LogP contribution is 2.36. The number of methoxy groups -OCH3 is 2. The number of alkyl halides is 3. The number of nitrogens with one attached hydrogen (secondary N) is 1. The second kappa shape index (κ2) is 12.7. The van der Waals surface area contributed by atoms with Gasteiger partial charge in [0.15, 0.2) is 11.5 Å². The first-order valence-electron chi connectivity index (χ1n) is 14.8. The van der Waals surface area contributed by atoms with E-state index in [1.54, 1.807) is 26.4 Å². The maximum absolute atomic E-state index is 12.9. The second-order valence-electron chi connectivity index (χ2n) is 11.1. The van der Waals surface area contributed by atoms with Crippen LogP contribution in [-0.4, -0.2) is 79.4 Å². The summed E-state index contributed by atoms with van der Waals surface area (Å²) in [6.45, 7) is 5.40. The zero-order valence-corrected chi connectivity index (χ0v) is 24.8. The molecule has 2 aromatic heterocycles. The van der Waals surface area contributed by atoms with Crippen LogP contribution in [0.2, 0.25) is 0 Å². The van der Waals surface area contributed by atoms with Gasteiger partial charge in [0, 0.05) is 69.5 Å². The molecule has 9 nitrogen and oxygen atoms in total. The molecule has 0 bridgehead atoms. The summed E-state index contributed by atoms with van der Waals surface area (Å²) in [5.41, 5.74) is 1.02. The molecule has 0 atom stereocenters. The van der Waals surface area contributed by atoms with Crippen molar-refractivity contribution in [3.63, 3.8) is 0 Å². The van der Waals surface area contributed by atoms with Gasteiger partial charge in [-0.1, -0.05) is 18.2 Å². The van der Waals surface area contributed by atoms with Crippen LogP contribution in [0.3, 0.4) is 0 Å². The number of hydrogen-bond acceptors (Lipinski definition) is 9. The first-order chi connectivity index (χ1) is 21.3. The molecule has 44 heavy (non-hydrogen) atoms. The van der Waals surface area contributed by atoms with E-state index >= 15 is 0 Å². The topological polar surface area (TPSA) is 78.9 Å². The van der Waals surface area contributed by atoms with Crippen LogP contribution in [0.1, 0.15) is 24.0 Å². The summed E-state index contributed by atoms with van der Waals surface area (Å²) in [6, 6.07) is 15.4. The van der Waals surface area contributed by atoms with Crippen molar-refractivity contribution in [2.24, 2.45) is 0 Å². The van der Waals surface area contributed by atoms with Crippen molar-refractivity contribution >= 4 is 28.5 Å². The third kappa shape index (κ3) is 6.59. The van der Waals surface area contributed by atoms with E-state index in [1.165, 1.54) is 0 Å². The van der Waals surface area contributed by atoms with E-state index in [0.29, 0.717) is 24.0 Å². The lowest BCUT2D eigenvalue weighted by Gasteiger charge is -2.36. The van der Waals surface area contributed by atoms with Crippen molar-refractivity contribution in [3.8, 4) is 11.5 Å². The van der Waals surface area contributed by atoms with Gasteiger partial charge < -0.3 is 24.6 Å². The molecule has 0 saturated carbocycles. The van der Waals surface area contributed by atoms with Crippen molar-refractivity contribution in [2.75, 3.05) is 68.6 Å². The van der Waals surface area contributed by atoms with E-state index in [2.05, 4.69) is 25.0 Å². The number of pyridine rings is 1. The van der Waals surface area contributed by atoms with Gasteiger partial charge in [-0.2, -0.15) is 18.2 Å². The van der Waals surface area contributed by atoms with Crippen LogP contribution in [0, 0.1) is 0 Å². The Balaban J connectivity index is 1.17. The third-order valence-electron chi connectivity index (χ3n) is 8.34. The Morgan fingerprint density at radius 1 is 0.841 bits per heavy atom. The highest BCUT2D eigenvalue weighted by Gasteiger charge is 2.30. The third-order valence-corrected chi connectivity index (χ3v) is 8.34. The molecule has 0 spiro atoms. The van der Waals surface area contributed by atoms with Crippen molar-refractivity contribution in [1.29, 1.82) is 0 Å². The summed E-state index contributed by atoms with van der Waals surface area (Å²) in [7, 11) is 3.22. The van der Waals surface area contributed by atoms with Crippen LogP contribution in [-0.2, 0) is 12.7 Å². The number of nitrogens with zero attached hydrogens (tertiary/aromatic N) is 6. The Labute approximate surface area is 254 Å². The van der Waals surface area contributed by atoms with Crippen LogP contribution < -0.4 is 24.6 Å². The van der Waals surface area contributed by atoms with Crippen molar-refractivity contribution in [1.82, 2.24) is 19.9 Å². The van der Waals surface area contributed by atoms with Crippen molar-refractivity contribution in [3.05, 3.63) is 71.9 Å². The number of halogens is 3. The minimum Gasteiger partial charge on any atom is -0.493 e. The summed E-state index contributed by atoms with van der Waals surface area (Å²) in [4.78, 5) is 21.2. The summed E-state index contributed by atoms with van der Waals surface area (Å²) in [5.74, 6) is 3.59. The maximum Gasteiger partial charge on any atom is 0.416 e. The maximum atomic E-state index is 12.9. The molecule has 12 heteroatoms. The van der Waals surface area contributed by atoms with Crippen molar-refractivity contribution in [2.45, 2.75) is 31.6 Å². The van der Waals surface area contributed by atoms with Gasteiger partial charge in [0.05, 0.1) is 25.3 Å². The predicted octanol–water partition coefficient (Wildman–Crippen LogP) is 5.46. The average molecular weight is 608 g/mol. The molecular weight excluding hydrogens is 571 g/mol. The van der Waals surface area contributed by atoms with Gasteiger partial charge in [0.2, 0.25) is 5.95 Å². The molecule has 0 radical (unpaired) electrons. The number of piperidine rings is 1. The summed E-state index contributed by atoms with van der Waals surface area (Å²) < 4.78 is 50.0. The molecule has 232 valence electrons. The van der Waals surface area contributed by atoms with E-state index in [1.807, 2.05) is 36.5 Å². The largest absolute Gasteiger partial charge is 0.493 e. The van der Waals surface area contributed by atoms with Gasteiger partial charge in [0.1, 0.15) is 11.6 Å². The standard InChI is InChI=1S/C32H36F3N7O2/c1-43-27-19-25-26(20-28(27)44-2)38-31(42-17-15-41(16-18-42)29-5-3-4-12-36-29)39-30(25)37-24-10-13-40(14-11-24)21-22-6-8-23(9-7-22)32(33,34)35/h3-9,12,19-20,24H,10-11,13-18,21H2,1-2H3,(H,37,38,39). The number of benzene rings is 2. The number of fused-ring (bicyclic) bond motifs is 1. The lowest BCUT2D eigenvalue weighted by Crippen LogP contribution is -2.47. The molecule has 4 heterocycles. The molecule has 1 N–H and O–H groups in total. The second-order valence-corrected chi connectivity index (χ2v) is 11.1. The molecule has 2 aliphatic rings. The fourth-order valence-electron chi connectivity index (χ4n) is 5.86. The minimum absolute atomic E-state index is 0.180. The van der Waals surface area contributed by atoms with E-state index < -0.39 is 11.7 Å². The molecule has 0 amide bonds. The van der Waals surface area contributed by atoms with Crippen LogP contribution in [0.15, 0.2) is 60.8 Å². The summed E-state index contributed by atoms with van der Waals surface area (Å²) in [5, 5.41) is 4.54. The fourth-order valence-corrected chi connectivity index (χ4v) is 5.86. The van der Waals surface area contributed by atoms with Gasteiger partial charge in [0.25, 0.3) is 0 Å². The zero-order valence-electron chi connectivity index (χ0n) is 24.8. The quantitative estimate of drug-likeness (QED) is 0.281. The molecule has 2 aromatic carbocycles. The molecule has 0 unspecified atom stereocenters. The normalized spacial score (nSPS) is 16.8. The van der Waals surface area contributed by atoms with E-state index in [-0.39, 0.29) is 6.04 Å². The Kier molecular flexibility index (Phi) is 8.60. The Morgan fingerprint density at radius 2 is 1.52 bits per heavy atom. The molecule has 2 fully saturated rings. The lowest BCUT2D eigenvalue weighted by atomic mass is 10.0. The summed E-state index contributed by atoms with van der Waals surface area (Å²) in [6.07, 6.45) is -0.765. The lowest BCUT2D eigenvalue weighted by molar-refractivity contribution is -0.137. The van der Waals surface area contributed by atoms with Crippen LogP contribution in [0.25, 0.3) is 10.9 Å². The van der Waals surface area contributed by atoms with Crippen LogP contribution >= 0.6 is 0 Å². The number of ether oxygens (including phenoxy) is 2. The van der Waals surface area contributed by atoms with Gasteiger partial charge >= 0.3 is 6.18 Å². The van der Waals surface area contributed by atoms with Crippen molar-refractivity contribution < 1.29 is 22.6 Å². The summed E-state index contributed by atoms with van der Waals surface area (Å²) >= 11 is 0. The predicted molar refractivity (Wildman–Crippen MR) is 165 cm³/mol. The highest BCUT2D eigenvalue weighted by atomic mass is 19.4. The molecule has 2 saturated heterocycles. The Bertz CT molecular complexity index is 1550. The smallest absolute Gasteiger partial charge is 0.416 e. The van der Waals surface area contributed by atoms with Crippen LogP contribution in [0.5, 0.6) is 11.5 Å². The first kappa shape index (κ1) is 29.7. The molecule has 0 aliphatic carbocycles. The Morgan fingerprint density at radius 3 is 2.16 bits per heavy atom. The minimum atomic E-state index is -4.32. The Hall–Kier alpha value is -4.32. The van der Waals surface area contributed by atoms with Gasteiger partial charge in [-0.25, -0.2) is 9.97 Å². The monoisotopic (exact) mass is 607 g/mol.